The van der Waals surface area contributed by atoms with E-state index < -0.39 is 11.7 Å². The topological polar surface area (TPSA) is 24.1 Å². The molecule has 2 N–H and O–H groups in total. The highest BCUT2D eigenvalue weighted by atomic mass is 32.1. The van der Waals surface area contributed by atoms with Crippen LogP contribution in [0.2, 0.25) is 0 Å². The molecule has 0 radical (unpaired) electrons. The largest absolute Gasteiger partial charge is 0.416 e. The van der Waals surface area contributed by atoms with Crippen LogP contribution in [0.25, 0.3) is 0 Å². The second kappa shape index (κ2) is 6.74. The smallest absolute Gasteiger partial charge is 0.358 e. The molecule has 0 bridgehead atoms. The summed E-state index contributed by atoms with van der Waals surface area (Å²) in [5.41, 5.74) is 0.561. The molecule has 2 aromatic rings. The highest BCUT2D eigenvalue weighted by molar-refractivity contribution is 7.80. The van der Waals surface area contributed by atoms with E-state index in [1.807, 2.05) is 0 Å². The maximum absolute atomic E-state index is 12.8. The van der Waals surface area contributed by atoms with Gasteiger partial charge in [0.05, 0.1) is 5.56 Å². The van der Waals surface area contributed by atoms with Gasteiger partial charge in [0.1, 0.15) is 5.82 Å². The normalized spacial score (nSPS) is 11.1. The van der Waals surface area contributed by atoms with Crippen molar-refractivity contribution < 1.29 is 17.6 Å². The van der Waals surface area contributed by atoms with Crippen molar-refractivity contribution in [2.75, 3.05) is 5.32 Å². The number of alkyl halides is 3. The monoisotopic (exact) mass is 328 g/mol. The molecule has 2 rings (SSSR count). The lowest BCUT2D eigenvalue weighted by Gasteiger charge is -2.12. The molecular weight excluding hydrogens is 316 g/mol. The van der Waals surface area contributed by atoms with Gasteiger partial charge in [-0.3, -0.25) is 0 Å². The molecule has 0 aliphatic rings. The molecule has 0 aliphatic carbocycles. The van der Waals surface area contributed by atoms with Crippen LogP contribution in [0, 0.1) is 5.82 Å². The maximum Gasteiger partial charge on any atom is 0.416 e. The number of nitrogens with one attached hydrogen (secondary N) is 2. The molecule has 0 aliphatic heterocycles. The van der Waals surface area contributed by atoms with Gasteiger partial charge in [0, 0.05) is 12.2 Å². The van der Waals surface area contributed by atoms with Crippen LogP contribution in [-0.4, -0.2) is 5.11 Å². The van der Waals surface area contributed by atoms with E-state index in [0.29, 0.717) is 12.2 Å². The first kappa shape index (κ1) is 16.2. The third-order valence-electron chi connectivity index (χ3n) is 2.84. The Morgan fingerprint density at radius 3 is 2.09 bits per heavy atom. The van der Waals surface area contributed by atoms with Gasteiger partial charge in [-0.2, -0.15) is 13.2 Å². The quantitative estimate of drug-likeness (QED) is 0.648. The first-order valence-electron chi connectivity index (χ1n) is 6.31. The third kappa shape index (κ3) is 4.70. The van der Waals surface area contributed by atoms with Crippen LogP contribution in [0.3, 0.4) is 0 Å². The van der Waals surface area contributed by atoms with Crippen molar-refractivity contribution in [1.29, 1.82) is 0 Å². The first-order valence-corrected chi connectivity index (χ1v) is 6.72. The van der Waals surface area contributed by atoms with Crippen LogP contribution in [0.4, 0.5) is 23.2 Å². The van der Waals surface area contributed by atoms with Gasteiger partial charge >= 0.3 is 6.18 Å². The minimum absolute atomic E-state index is 0.268. The highest BCUT2D eigenvalue weighted by Crippen LogP contribution is 2.29. The number of hydrogen-bond acceptors (Lipinski definition) is 1. The summed E-state index contributed by atoms with van der Waals surface area (Å²) >= 11 is 5.05. The van der Waals surface area contributed by atoms with E-state index in [9.17, 15) is 17.6 Å². The van der Waals surface area contributed by atoms with Crippen LogP contribution in [-0.2, 0) is 12.7 Å². The fourth-order valence-electron chi connectivity index (χ4n) is 1.70. The Labute approximate surface area is 130 Å². The van der Waals surface area contributed by atoms with E-state index in [0.717, 1.165) is 17.7 Å². The fraction of sp³-hybridized carbons (Fsp3) is 0.133. The standard InChI is InChI=1S/C15H12F4N2S/c16-12-5-1-10(2-6-12)9-20-14(22)21-13-7-3-11(4-8-13)15(17,18)19/h1-8H,9H2,(H2,20,21,22). The molecule has 0 spiro atoms. The predicted octanol–water partition coefficient (Wildman–Crippen LogP) is 4.33. The Bertz CT molecular complexity index is 636. The van der Waals surface area contributed by atoms with Crippen molar-refractivity contribution in [3.8, 4) is 0 Å². The van der Waals surface area contributed by atoms with Crippen LogP contribution in [0.15, 0.2) is 48.5 Å². The second-order valence-corrected chi connectivity index (χ2v) is 4.92. The summed E-state index contributed by atoms with van der Waals surface area (Å²) < 4.78 is 50.1. The summed E-state index contributed by atoms with van der Waals surface area (Å²) in [5.74, 6) is -0.325. The average Bonchev–Trinajstić information content (AvgIpc) is 2.46. The minimum atomic E-state index is -4.36. The average molecular weight is 328 g/mol. The molecule has 2 nitrogen and oxygen atoms in total. The Balaban J connectivity index is 1.88. The van der Waals surface area contributed by atoms with E-state index in [1.165, 1.54) is 24.3 Å². The van der Waals surface area contributed by atoms with Gasteiger partial charge in [-0.1, -0.05) is 12.1 Å². The molecule has 7 heteroatoms. The van der Waals surface area contributed by atoms with Crippen LogP contribution in [0.5, 0.6) is 0 Å². The number of thiocarbonyl (C=S) groups is 1. The van der Waals surface area contributed by atoms with Gasteiger partial charge in [0.15, 0.2) is 5.11 Å². The molecule has 0 saturated heterocycles. The first-order chi connectivity index (χ1) is 10.3. The van der Waals surface area contributed by atoms with E-state index in [-0.39, 0.29) is 10.9 Å². The minimum Gasteiger partial charge on any atom is -0.358 e. The lowest BCUT2D eigenvalue weighted by Crippen LogP contribution is -2.27. The van der Waals surface area contributed by atoms with Crippen molar-refractivity contribution in [2.45, 2.75) is 12.7 Å². The Hall–Kier alpha value is -2.15. The zero-order valence-corrected chi connectivity index (χ0v) is 12.1. The van der Waals surface area contributed by atoms with Gasteiger partial charge in [0.2, 0.25) is 0 Å². The Morgan fingerprint density at radius 1 is 0.955 bits per heavy atom. The fourth-order valence-corrected chi connectivity index (χ4v) is 1.89. The number of halogens is 4. The molecule has 22 heavy (non-hydrogen) atoms. The zero-order valence-electron chi connectivity index (χ0n) is 11.2. The highest BCUT2D eigenvalue weighted by Gasteiger charge is 2.29. The van der Waals surface area contributed by atoms with Crippen molar-refractivity contribution in [2.24, 2.45) is 0 Å². The van der Waals surface area contributed by atoms with Gasteiger partial charge in [0.25, 0.3) is 0 Å². The van der Waals surface area contributed by atoms with Gasteiger partial charge in [-0.25, -0.2) is 4.39 Å². The predicted molar refractivity (Wildman–Crippen MR) is 80.9 cm³/mol. The van der Waals surface area contributed by atoms with E-state index >= 15 is 0 Å². The van der Waals surface area contributed by atoms with Crippen molar-refractivity contribution in [3.05, 3.63) is 65.5 Å². The summed E-state index contributed by atoms with van der Waals surface area (Å²) in [6, 6.07) is 10.5. The number of anilines is 1. The molecule has 0 saturated carbocycles. The second-order valence-electron chi connectivity index (χ2n) is 4.51. The zero-order chi connectivity index (χ0) is 16.2. The number of rotatable bonds is 3. The Kier molecular flexibility index (Phi) is 4.97. The maximum atomic E-state index is 12.8. The van der Waals surface area contributed by atoms with Crippen molar-refractivity contribution in [3.63, 3.8) is 0 Å². The molecule has 0 aromatic heterocycles. The summed E-state index contributed by atoms with van der Waals surface area (Å²) in [6.45, 7) is 0.382. The van der Waals surface area contributed by atoms with Crippen LogP contribution in [0.1, 0.15) is 11.1 Å². The van der Waals surface area contributed by atoms with Gasteiger partial charge in [-0.15, -0.1) is 0 Å². The van der Waals surface area contributed by atoms with Gasteiger partial charge < -0.3 is 10.6 Å². The third-order valence-corrected chi connectivity index (χ3v) is 3.08. The summed E-state index contributed by atoms with van der Waals surface area (Å²) in [7, 11) is 0. The summed E-state index contributed by atoms with van der Waals surface area (Å²) in [4.78, 5) is 0. The summed E-state index contributed by atoms with van der Waals surface area (Å²) in [5, 5.41) is 5.94. The molecule has 0 unspecified atom stereocenters. The Morgan fingerprint density at radius 2 is 1.55 bits per heavy atom. The molecule has 2 aromatic carbocycles. The number of hydrogen-bond donors (Lipinski definition) is 2. The SMILES string of the molecule is Fc1ccc(CNC(=S)Nc2ccc(C(F)(F)F)cc2)cc1. The van der Waals surface area contributed by atoms with E-state index in [4.69, 9.17) is 12.2 Å². The number of benzene rings is 2. The molecule has 116 valence electrons. The van der Waals surface area contributed by atoms with Crippen LogP contribution < -0.4 is 10.6 Å². The molecule has 0 heterocycles. The van der Waals surface area contributed by atoms with E-state index in [2.05, 4.69) is 10.6 Å². The molecule has 0 amide bonds. The lowest BCUT2D eigenvalue weighted by atomic mass is 10.2. The molecular formula is C15H12F4N2S. The van der Waals surface area contributed by atoms with Crippen molar-refractivity contribution >= 4 is 23.0 Å². The van der Waals surface area contributed by atoms with E-state index in [1.54, 1.807) is 12.1 Å². The summed E-state index contributed by atoms with van der Waals surface area (Å²) in [6.07, 6.45) is -4.36. The molecule has 0 fully saturated rings. The lowest BCUT2D eigenvalue weighted by molar-refractivity contribution is -0.137. The van der Waals surface area contributed by atoms with Crippen LogP contribution >= 0.6 is 12.2 Å². The van der Waals surface area contributed by atoms with Crippen molar-refractivity contribution in [1.82, 2.24) is 5.32 Å². The van der Waals surface area contributed by atoms with Gasteiger partial charge in [-0.05, 0) is 54.2 Å². The molecule has 0 atom stereocenters.